The van der Waals surface area contributed by atoms with Gasteiger partial charge in [-0.3, -0.25) is 4.21 Å². The lowest BCUT2D eigenvalue weighted by Crippen LogP contribution is -1.98. The van der Waals surface area contributed by atoms with Crippen LogP contribution in [0.2, 0.25) is 0 Å². The second kappa shape index (κ2) is 5.77. The standard InChI is InChI=1S/C12H9BrO3S2/c13-11-6-3-9(17-11)7-18(16)10-4-1-8(2-5-10)12(14)15/h1-6H,7H2,(H,14,15). The van der Waals surface area contributed by atoms with Gasteiger partial charge in [0.2, 0.25) is 0 Å². The maximum atomic E-state index is 12.1. The first-order valence-corrected chi connectivity index (χ1v) is 7.95. The van der Waals surface area contributed by atoms with Crippen molar-refractivity contribution in [2.75, 3.05) is 0 Å². The molecule has 2 rings (SSSR count). The van der Waals surface area contributed by atoms with Crippen LogP contribution in [0.5, 0.6) is 0 Å². The summed E-state index contributed by atoms with van der Waals surface area (Å²) in [7, 11) is -1.15. The summed E-state index contributed by atoms with van der Waals surface area (Å²) >= 11 is 4.91. The Bertz CT molecular complexity index is 590. The molecule has 2 aromatic rings. The quantitative estimate of drug-likeness (QED) is 0.923. The molecule has 1 aromatic carbocycles. The van der Waals surface area contributed by atoms with Gasteiger partial charge < -0.3 is 5.11 Å². The highest BCUT2D eigenvalue weighted by molar-refractivity contribution is 9.11. The summed E-state index contributed by atoms with van der Waals surface area (Å²) in [4.78, 5) is 12.4. The van der Waals surface area contributed by atoms with Crippen LogP contribution in [0, 0.1) is 0 Å². The van der Waals surface area contributed by atoms with E-state index >= 15 is 0 Å². The number of aromatic carboxylic acids is 1. The number of thiophene rings is 1. The maximum Gasteiger partial charge on any atom is 0.335 e. The van der Waals surface area contributed by atoms with Crippen LogP contribution in [0.15, 0.2) is 45.1 Å². The zero-order valence-corrected chi connectivity index (χ0v) is 12.3. The van der Waals surface area contributed by atoms with Gasteiger partial charge in [0.25, 0.3) is 0 Å². The van der Waals surface area contributed by atoms with Gasteiger partial charge in [0.1, 0.15) is 0 Å². The van der Waals surface area contributed by atoms with E-state index < -0.39 is 16.8 Å². The minimum atomic E-state index is -1.15. The number of halogens is 1. The van der Waals surface area contributed by atoms with Gasteiger partial charge in [0, 0.05) is 9.77 Å². The topological polar surface area (TPSA) is 54.4 Å². The van der Waals surface area contributed by atoms with Crippen molar-refractivity contribution in [3.63, 3.8) is 0 Å². The molecule has 0 aliphatic heterocycles. The maximum absolute atomic E-state index is 12.1. The number of carboxylic acid groups (broad SMARTS) is 1. The molecule has 6 heteroatoms. The van der Waals surface area contributed by atoms with E-state index in [0.717, 1.165) is 8.66 Å². The fourth-order valence-electron chi connectivity index (χ4n) is 1.39. The monoisotopic (exact) mass is 344 g/mol. The fourth-order valence-corrected chi connectivity index (χ4v) is 4.19. The van der Waals surface area contributed by atoms with Gasteiger partial charge in [-0.05, 0) is 52.3 Å². The smallest absolute Gasteiger partial charge is 0.335 e. The third-order valence-electron chi connectivity index (χ3n) is 2.27. The van der Waals surface area contributed by atoms with Crippen LogP contribution in [0.3, 0.4) is 0 Å². The predicted octanol–water partition coefficient (Wildman–Crippen LogP) is 3.52. The molecule has 0 radical (unpaired) electrons. The summed E-state index contributed by atoms with van der Waals surface area (Å²) in [5.41, 5.74) is 0.203. The Morgan fingerprint density at radius 3 is 2.39 bits per heavy atom. The molecule has 0 saturated carbocycles. The van der Waals surface area contributed by atoms with Crippen molar-refractivity contribution < 1.29 is 14.1 Å². The summed E-state index contributed by atoms with van der Waals surface area (Å²) in [6, 6.07) is 9.99. The summed E-state index contributed by atoms with van der Waals surface area (Å²) in [6.07, 6.45) is 0. The molecule has 18 heavy (non-hydrogen) atoms. The molecule has 1 atom stereocenters. The average molecular weight is 345 g/mol. The van der Waals surface area contributed by atoms with Crippen LogP contribution in [-0.2, 0) is 16.6 Å². The van der Waals surface area contributed by atoms with Crippen LogP contribution >= 0.6 is 27.3 Å². The number of hydrogen-bond donors (Lipinski definition) is 1. The molecule has 94 valence electrons. The van der Waals surface area contributed by atoms with Crippen molar-refractivity contribution in [1.82, 2.24) is 0 Å². The Balaban J connectivity index is 2.11. The summed E-state index contributed by atoms with van der Waals surface area (Å²) < 4.78 is 13.1. The first kappa shape index (κ1) is 13.5. The van der Waals surface area contributed by atoms with Crippen LogP contribution in [0.25, 0.3) is 0 Å². The normalized spacial score (nSPS) is 12.3. The van der Waals surface area contributed by atoms with Gasteiger partial charge in [-0.2, -0.15) is 0 Å². The molecule has 3 nitrogen and oxygen atoms in total. The molecule has 1 heterocycles. The third-order valence-corrected chi connectivity index (χ3v) is 5.44. The lowest BCUT2D eigenvalue weighted by atomic mass is 10.2. The van der Waals surface area contributed by atoms with Crippen molar-refractivity contribution in [2.45, 2.75) is 10.6 Å². The zero-order chi connectivity index (χ0) is 13.1. The van der Waals surface area contributed by atoms with E-state index in [1.165, 1.54) is 12.1 Å². The summed E-state index contributed by atoms with van der Waals surface area (Å²) in [5, 5.41) is 8.77. The summed E-state index contributed by atoms with van der Waals surface area (Å²) in [5.74, 6) is -0.530. The number of carbonyl (C=O) groups is 1. The first-order valence-electron chi connectivity index (χ1n) is 5.02. The molecule has 0 fully saturated rings. The van der Waals surface area contributed by atoms with Gasteiger partial charge in [0.05, 0.1) is 25.9 Å². The average Bonchev–Trinajstić information content (AvgIpc) is 2.75. The van der Waals surface area contributed by atoms with Crippen molar-refractivity contribution in [2.24, 2.45) is 0 Å². The Morgan fingerprint density at radius 2 is 1.89 bits per heavy atom. The number of rotatable bonds is 4. The van der Waals surface area contributed by atoms with Crippen molar-refractivity contribution in [3.05, 3.63) is 50.6 Å². The lowest BCUT2D eigenvalue weighted by molar-refractivity contribution is 0.0697. The second-order valence-electron chi connectivity index (χ2n) is 3.53. The van der Waals surface area contributed by atoms with E-state index in [2.05, 4.69) is 15.9 Å². The van der Waals surface area contributed by atoms with Crippen LogP contribution in [0.1, 0.15) is 15.2 Å². The van der Waals surface area contributed by atoms with Crippen LogP contribution in [0.4, 0.5) is 0 Å². The minimum absolute atomic E-state index is 0.203. The molecule has 0 spiro atoms. The Morgan fingerprint density at radius 1 is 1.22 bits per heavy atom. The van der Waals surface area contributed by atoms with Crippen molar-refractivity contribution in [1.29, 1.82) is 0 Å². The Hall–Kier alpha value is -0.980. The minimum Gasteiger partial charge on any atom is -0.478 e. The van der Waals surface area contributed by atoms with E-state index in [1.54, 1.807) is 23.5 Å². The van der Waals surface area contributed by atoms with Gasteiger partial charge in [-0.25, -0.2) is 4.79 Å². The Kier molecular flexibility index (Phi) is 4.31. The summed E-state index contributed by atoms with van der Waals surface area (Å²) in [6.45, 7) is 0. The van der Waals surface area contributed by atoms with Crippen LogP contribution < -0.4 is 0 Å². The largest absolute Gasteiger partial charge is 0.478 e. The molecule has 0 aliphatic rings. The van der Waals surface area contributed by atoms with Gasteiger partial charge in [0.15, 0.2) is 0 Å². The second-order valence-corrected chi connectivity index (χ2v) is 7.52. The van der Waals surface area contributed by atoms with Gasteiger partial charge in [-0.1, -0.05) is 0 Å². The fraction of sp³-hybridized carbons (Fsp3) is 0.0833. The van der Waals surface area contributed by atoms with Gasteiger partial charge in [-0.15, -0.1) is 11.3 Å². The van der Waals surface area contributed by atoms with E-state index in [-0.39, 0.29) is 5.56 Å². The highest BCUT2D eigenvalue weighted by atomic mass is 79.9. The molecule has 0 saturated heterocycles. The molecule has 1 unspecified atom stereocenters. The van der Waals surface area contributed by atoms with E-state index in [4.69, 9.17) is 5.11 Å². The van der Waals surface area contributed by atoms with Crippen LogP contribution in [-0.4, -0.2) is 15.3 Å². The molecule has 1 aromatic heterocycles. The lowest BCUT2D eigenvalue weighted by Gasteiger charge is -2.01. The number of carboxylic acids is 1. The Labute approximate surface area is 119 Å². The SMILES string of the molecule is O=C(O)c1ccc(S(=O)Cc2ccc(Br)s2)cc1. The first-order chi connectivity index (χ1) is 8.56. The molecule has 0 bridgehead atoms. The zero-order valence-electron chi connectivity index (χ0n) is 9.13. The van der Waals surface area contributed by atoms with E-state index in [9.17, 15) is 9.00 Å². The molecule has 1 N–H and O–H groups in total. The molecular formula is C12H9BrO3S2. The number of benzene rings is 1. The molecule has 0 amide bonds. The molecule has 0 aliphatic carbocycles. The van der Waals surface area contributed by atoms with E-state index in [1.807, 2.05) is 12.1 Å². The number of hydrogen-bond acceptors (Lipinski definition) is 3. The van der Waals surface area contributed by atoms with Crippen molar-refractivity contribution in [3.8, 4) is 0 Å². The van der Waals surface area contributed by atoms with Gasteiger partial charge >= 0.3 is 5.97 Å². The van der Waals surface area contributed by atoms with E-state index in [0.29, 0.717) is 10.6 Å². The molecular weight excluding hydrogens is 336 g/mol. The van der Waals surface area contributed by atoms with Crippen molar-refractivity contribution >= 4 is 44.0 Å². The highest BCUT2D eigenvalue weighted by Crippen LogP contribution is 2.24. The third kappa shape index (κ3) is 3.28. The highest BCUT2D eigenvalue weighted by Gasteiger charge is 2.08. The predicted molar refractivity (Wildman–Crippen MR) is 75.5 cm³/mol.